The summed E-state index contributed by atoms with van der Waals surface area (Å²) in [6.45, 7) is 5.65. The van der Waals surface area contributed by atoms with Crippen molar-refractivity contribution in [1.29, 1.82) is 0 Å². The van der Waals surface area contributed by atoms with E-state index >= 15 is 0 Å². The van der Waals surface area contributed by atoms with Crippen molar-refractivity contribution in [3.8, 4) is 0 Å². The van der Waals surface area contributed by atoms with Crippen LogP contribution in [-0.4, -0.2) is 19.6 Å². The van der Waals surface area contributed by atoms with Gasteiger partial charge in [-0.15, -0.1) is 11.3 Å². The zero-order valence-corrected chi connectivity index (χ0v) is 11.7. The number of thiazole rings is 1. The van der Waals surface area contributed by atoms with E-state index in [1.165, 1.54) is 11.4 Å². The van der Waals surface area contributed by atoms with Crippen LogP contribution in [0.3, 0.4) is 0 Å². The van der Waals surface area contributed by atoms with Gasteiger partial charge < -0.3 is 5.32 Å². The molecule has 3 aromatic heterocycles. The van der Waals surface area contributed by atoms with E-state index in [1.807, 2.05) is 12.1 Å². The summed E-state index contributed by atoms with van der Waals surface area (Å²) < 4.78 is 2.21. The Morgan fingerprint density at radius 2 is 2.21 bits per heavy atom. The first-order valence-electron chi connectivity index (χ1n) is 6.15. The van der Waals surface area contributed by atoms with Gasteiger partial charge in [0.2, 0.25) is 0 Å². The highest BCUT2D eigenvalue weighted by Crippen LogP contribution is 2.20. The van der Waals surface area contributed by atoms with Gasteiger partial charge >= 0.3 is 0 Å². The number of hydrogen-bond acceptors (Lipinski definition) is 5. The molecule has 0 unspecified atom stereocenters. The number of nitrogens with one attached hydrogen (secondary N) is 1. The summed E-state index contributed by atoms with van der Waals surface area (Å²) in [5.74, 6) is 0. The van der Waals surface area contributed by atoms with E-state index < -0.39 is 0 Å². The summed E-state index contributed by atoms with van der Waals surface area (Å²) >= 11 is 1.68. The van der Waals surface area contributed by atoms with Gasteiger partial charge in [0.25, 0.3) is 0 Å². The molecule has 0 saturated carbocycles. The summed E-state index contributed by atoms with van der Waals surface area (Å²) in [5, 5.41) is 13.5. The maximum absolute atomic E-state index is 4.57. The molecule has 3 aromatic rings. The van der Waals surface area contributed by atoms with Gasteiger partial charge in [0, 0.05) is 30.4 Å². The Hall–Kier alpha value is -1.79. The Morgan fingerprint density at radius 3 is 3.00 bits per heavy atom. The number of fused-ring (bicyclic) bond motifs is 1. The van der Waals surface area contributed by atoms with Crippen LogP contribution < -0.4 is 5.32 Å². The maximum atomic E-state index is 4.57. The van der Waals surface area contributed by atoms with Gasteiger partial charge in [0.1, 0.15) is 0 Å². The van der Waals surface area contributed by atoms with Gasteiger partial charge in [0.05, 0.1) is 17.1 Å². The lowest BCUT2D eigenvalue weighted by Crippen LogP contribution is -2.16. The molecule has 0 saturated heterocycles. The van der Waals surface area contributed by atoms with Gasteiger partial charge in [-0.05, 0) is 26.0 Å². The first kappa shape index (κ1) is 12.3. The second kappa shape index (κ2) is 5.07. The quantitative estimate of drug-likeness (QED) is 0.791. The first-order valence-corrected chi connectivity index (χ1v) is 7.03. The molecule has 0 radical (unpaired) electrons. The third-order valence-electron chi connectivity index (χ3n) is 3.06. The van der Waals surface area contributed by atoms with Crippen LogP contribution in [0.4, 0.5) is 0 Å². The third kappa shape index (κ3) is 2.36. The molecule has 0 aliphatic rings. The fourth-order valence-electron chi connectivity index (χ4n) is 2.11. The molecular weight excluding hydrogens is 258 g/mol. The lowest BCUT2D eigenvalue weighted by molar-refractivity contribution is 0.652. The van der Waals surface area contributed by atoms with Crippen molar-refractivity contribution in [2.45, 2.75) is 26.9 Å². The summed E-state index contributed by atoms with van der Waals surface area (Å²) in [5.41, 5.74) is 4.49. The van der Waals surface area contributed by atoms with Gasteiger partial charge in [-0.1, -0.05) is 0 Å². The molecule has 3 rings (SSSR count). The van der Waals surface area contributed by atoms with Crippen LogP contribution in [0.15, 0.2) is 23.7 Å². The van der Waals surface area contributed by atoms with E-state index in [1.54, 1.807) is 17.5 Å². The monoisotopic (exact) mass is 273 g/mol. The third-order valence-corrected chi connectivity index (χ3v) is 4.00. The van der Waals surface area contributed by atoms with Crippen molar-refractivity contribution < 1.29 is 0 Å². The molecule has 0 aromatic carbocycles. The average Bonchev–Trinajstić information content (AvgIpc) is 2.92. The van der Waals surface area contributed by atoms with E-state index in [0.717, 1.165) is 22.9 Å². The van der Waals surface area contributed by atoms with E-state index in [0.29, 0.717) is 6.54 Å². The minimum atomic E-state index is 0.712. The molecule has 0 fully saturated rings. The first-order chi connectivity index (χ1) is 9.25. The van der Waals surface area contributed by atoms with Crippen LogP contribution in [0.5, 0.6) is 0 Å². The predicted octanol–water partition coefficient (Wildman–Crippen LogP) is 2.09. The SMILES string of the molecule is Cc1nc2scc(C)n2c1CNCc1cccnn1. The molecule has 1 N–H and O–H groups in total. The topological polar surface area (TPSA) is 55.1 Å². The molecule has 98 valence electrons. The van der Waals surface area contributed by atoms with Crippen molar-refractivity contribution in [2.75, 3.05) is 0 Å². The van der Waals surface area contributed by atoms with Gasteiger partial charge in [0.15, 0.2) is 4.96 Å². The maximum Gasteiger partial charge on any atom is 0.194 e. The Balaban J connectivity index is 1.75. The van der Waals surface area contributed by atoms with Crippen LogP contribution >= 0.6 is 11.3 Å². The van der Waals surface area contributed by atoms with Gasteiger partial charge in [-0.3, -0.25) is 4.40 Å². The normalized spacial score (nSPS) is 11.3. The number of rotatable bonds is 4. The molecule has 0 bridgehead atoms. The number of aryl methyl sites for hydroxylation is 2. The van der Waals surface area contributed by atoms with E-state index in [4.69, 9.17) is 0 Å². The highest BCUT2D eigenvalue weighted by atomic mass is 32.1. The summed E-state index contributed by atoms with van der Waals surface area (Å²) in [6, 6.07) is 3.87. The molecule has 0 aliphatic heterocycles. The zero-order chi connectivity index (χ0) is 13.2. The summed E-state index contributed by atoms with van der Waals surface area (Å²) in [7, 11) is 0. The number of imidazole rings is 1. The zero-order valence-electron chi connectivity index (χ0n) is 10.9. The lowest BCUT2D eigenvalue weighted by Gasteiger charge is -2.05. The van der Waals surface area contributed by atoms with E-state index in [2.05, 4.69) is 44.1 Å². The van der Waals surface area contributed by atoms with E-state index in [-0.39, 0.29) is 0 Å². The van der Waals surface area contributed by atoms with Crippen LogP contribution in [0.2, 0.25) is 0 Å². The van der Waals surface area contributed by atoms with Gasteiger partial charge in [-0.25, -0.2) is 4.98 Å². The average molecular weight is 273 g/mol. The van der Waals surface area contributed by atoms with Crippen molar-refractivity contribution in [3.05, 3.63) is 46.5 Å². The largest absolute Gasteiger partial charge is 0.305 e. The van der Waals surface area contributed by atoms with Crippen LogP contribution in [-0.2, 0) is 13.1 Å². The minimum Gasteiger partial charge on any atom is -0.305 e. The number of nitrogens with zero attached hydrogens (tertiary/aromatic N) is 4. The fourth-order valence-corrected chi connectivity index (χ4v) is 3.04. The van der Waals surface area contributed by atoms with Crippen molar-refractivity contribution in [1.82, 2.24) is 24.9 Å². The molecule has 0 aliphatic carbocycles. The fraction of sp³-hybridized carbons (Fsp3) is 0.308. The lowest BCUT2D eigenvalue weighted by atomic mass is 10.3. The minimum absolute atomic E-state index is 0.712. The highest BCUT2D eigenvalue weighted by molar-refractivity contribution is 7.15. The Bertz CT molecular complexity index is 686. The number of hydrogen-bond donors (Lipinski definition) is 1. The van der Waals surface area contributed by atoms with E-state index in [9.17, 15) is 0 Å². The predicted molar refractivity (Wildman–Crippen MR) is 75.1 cm³/mol. The summed E-state index contributed by atoms with van der Waals surface area (Å²) in [6.07, 6.45) is 1.68. The van der Waals surface area contributed by atoms with Crippen LogP contribution in [0.1, 0.15) is 22.8 Å². The highest BCUT2D eigenvalue weighted by Gasteiger charge is 2.11. The molecule has 5 nitrogen and oxygen atoms in total. The number of aromatic nitrogens is 4. The van der Waals surface area contributed by atoms with Crippen molar-refractivity contribution in [3.63, 3.8) is 0 Å². The molecular formula is C13H15N5S. The van der Waals surface area contributed by atoms with Crippen molar-refractivity contribution >= 4 is 16.3 Å². The molecule has 3 heterocycles. The van der Waals surface area contributed by atoms with Gasteiger partial charge in [-0.2, -0.15) is 10.2 Å². The second-order valence-electron chi connectivity index (χ2n) is 4.46. The Morgan fingerprint density at radius 1 is 1.32 bits per heavy atom. The molecule has 19 heavy (non-hydrogen) atoms. The van der Waals surface area contributed by atoms with Crippen molar-refractivity contribution in [2.24, 2.45) is 0 Å². The molecule has 0 atom stereocenters. The standard InChI is InChI=1S/C13H15N5S/c1-9-8-19-13-16-10(2)12(18(9)13)7-14-6-11-4-3-5-15-17-11/h3-5,8,14H,6-7H2,1-2H3. The van der Waals surface area contributed by atoms with Crippen LogP contribution in [0.25, 0.3) is 4.96 Å². The van der Waals surface area contributed by atoms with Crippen LogP contribution in [0, 0.1) is 13.8 Å². The molecule has 0 amide bonds. The molecule has 0 spiro atoms. The second-order valence-corrected chi connectivity index (χ2v) is 5.29. The smallest absolute Gasteiger partial charge is 0.194 e. The summed E-state index contributed by atoms with van der Waals surface area (Å²) in [4.78, 5) is 5.63. The Kier molecular flexibility index (Phi) is 3.27. The molecule has 6 heteroatoms. The Labute approximate surface area is 115 Å².